The third kappa shape index (κ3) is 3.36. The molecule has 6 nitrogen and oxygen atoms in total. The summed E-state index contributed by atoms with van der Waals surface area (Å²) in [6.45, 7) is 4.26. The van der Waals surface area contributed by atoms with Crippen LogP contribution in [0.25, 0.3) is 0 Å². The van der Waals surface area contributed by atoms with E-state index in [0.29, 0.717) is 12.4 Å². The van der Waals surface area contributed by atoms with Gasteiger partial charge in [0.15, 0.2) is 0 Å². The number of hydrogen-bond donors (Lipinski definition) is 2. The number of pyridine rings is 1. The minimum atomic E-state index is -0.289. The number of aryl methyl sites for hydroxylation is 2. The van der Waals surface area contributed by atoms with E-state index in [2.05, 4.69) is 36.6 Å². The minimum absolute atomic E-state index is 0.289. The van der Waals surface area contributed by atoms with Crippen molar-refractivity contribution in [2.45, 2.75) is 20.4 Å². The lowest BCUT2D eigenvalue weighted by atomic mass is 10.2. The van der Waals surface area contributed by atoms with Crippen molar-refractivity contribution in [3.8, 4) is 0 Å². The third-order valence-electron chi connectivity index (χ3n) is 3.04. The molecular formula is C13H16BrN5O. The van der Waals surface area contributed by atoms with Crippen molar-refractivity contribution in [1.82, 2.24) is 20.1 Å². The summed E-state index contributed by atoms with van der Waals surface area (Å²) >= 11 is 3.37. The van der Waals surface area contributed by atoms with Gasteiger partial charge in [-0.05, 0) is 41.9 Å². The average Bonchev–Trinajstić information content (AvgIpc) is 2.72. The van der Waals surface area contributed by atoms with Gasteiger partial charge in [-0.2, -0.15) is 5.10 Å². The van der Waals surface area contributed by atoms with Gasteiger partial charge in [0.25, 0.3) is 0 Å². The molecule has 2 N–H and O–H groups in total. The summed E-state index contributed by atoms with van der Waals surface area (Å²) in [6, 6.07) is 3.30. The van der Waals surface area contributed by atoms with Crippen molar-refractivity contribution in [3.05, 3.63) is 39.8 Å². The zero-order valence-corrected chi connectivity index (χ0v) is 13.2. The zero-order chi connectivity index (χ0) is 14.7. The van der Waals surface area contributed by atoms with Gasteiger partial charge in [-0.25, -0.2) is 9.78 Å². The summed E-state index contributed by atoms with van der Waals surface area (Å²) in [5.74, 6) is 0.520. The molecule has 2 aromatic heterocycles. The molecule has 0 radical (unpaired) electrons. The van der Waals surface area contributed by atoms with Gasteiger partial charge in [-0.15, -0.1) is 0 Å². The van der Waals surface area contributed by atoms with Gasteiger partial charge in [-0.1, -0.05) is 0 Å². The summed E-state index contributed by atoms with van der Waals surface area (Å²) < 4.78 is 2.68. The third-order valence-corrected chi connectivity index (χ3v) is 3.88. The molecule has 0 aliphatic carbocycles. The number of hydrogen-bond acceptors (Lipinski definition) is 3. The SMILES string of the molecule is Cc1nc(NC(=O)NCc2cnn(C)c2C)ccc1Br. The van der Waals surface area contributed by atoms with Gasteiger partial charge in [0, 0.05) is 29.3 Å². The predicted molar refractivity (Wildman–Crippen MR) is 80.5 cm³/mol. The van der Waals surface area contributed by atoms with Gasteiger partial charge < -0.3 is 5.32 Å². The zero-order valence-electron chi connectivity index (χ0n) is 11.6. The molecule has 20 heavy (non-hydrogen) atoms. The van der Waals surface area contributed by atoms with Crippen LogP contribution in [0.15, 0.2) is 22.8 Å². The molecule has 0 saturated carbocycles. The molecule has 0 fully saturated rings. The number of nitrogens with one attached hydrogen (secondary N) is 2. The first-order valence-electron chi connectivity index (χ1n) is 6.13. The quantitative estimate of drug-likeness (QED) is 0.903. The van der Waals surface area contributed by atoms with E-state index in [-0.39, 0.29) is 6.03 Å². The maximum atomic E-state index is 11.8. The fourth-order valence-corrected chi connectivity index (χ4v) is 1.89. The number of urea groups is 1. The van der Waals surface area contributed by atoms with E-state index >= 15 is 0 Å². The largest absolute Gasteiger partial charge is 0.334 e. The lowest BCUT2D eigenvalue weighted by Gasteiger charge is -2.08. The summed E-state index contributed by atoms with van der Waals surface area (Å²) in [5, 5.41) is 9.60. The Labute approximate surface area is 125 Å². The van der Waals surface area contributed by atoms with E-state index in [1.807, 2.05) is 27.0 Å². The number of carbonyl (C=O) groups excluding carboxylic acids is 1. The van der Waals surface area contributed by atoms with Gasteiger partial charge in [0.2, 0.25) is 0 Å². The van der Waals surface area contributed by atoms with Crippen molar-refractivity contribution in [2.24, 2.45) is 7.05 Å². The second-order valence-corrected chi connectivity index (χ2v) is 5.30. The van der Waals surface area contributed by atoms with Crippen LogP contribution >= 0.6 is 15.9 Å². The Kier molecular flexibility index (Phi) is 4.39. The van der Waals surface area contributed by atoms with Crippen LogP contribution in [0.2, 0.25) is 0 Å². The number of amides is 2. The lowest BCUT2D eigenvalue weighted by molar-refractivity contribution is 0.251. The van der Waals surface area contributed by atoms with Gasteiger partial charge in [0.1, 0.15) is 5.82 Å². The molecule has 2 aromatic rings. The molecule has 0 spiro atoms. The standard InChI is InChI=1S/C13H16BrN5O/c1-8-11(14)4-5-12(17-8)18-13(20)15-6-10-7-16-19(3)9(10)2/h4-5,7H,6H2,1-3H3,(H2,15,17,18,20). The van der Waals surface area contributed by atoms with Gasteiger partial charge in [-0.3, -0.25) is 10.00 Å². The van der Waals surface area contributed by atoms with Crippen LogP contribution in [0.5, 0.6) is 0 Å². The van der Waals surface area contributed by atoms with E-state index < -0.39 is 0 Å². The van der Waals surface area contributed by atoms with Gasteiger partial charge >= 0.3 is 6.03 Å². The van der Waals surface area contributed by atoms with E-state index in [0.717, 1.165) is 21.4 Å². The lowest BCUT2D eigenvalue weighted by Crippen LogP contribution is -2.28. The Morgan fingerprint density at radius 3 is 2.75 bits per heavy atom. The van der Waals surface area contributed by atoms with Crippen LogP contribution in [0, 0.1) is 13.8 Å². The number of anilines is 1. The van der Waals surface area contributed by atoms with Crippen molar-refractivity contribution < 1.29 is 4.79 Å². The van der Waals surface area contributed by atoms with Crippen LogP contribution in [0.1, 0.15) is 17.0 Å². The molecule has 2 rings (SSSR count). The van der Waals surface area contributed by atoms with Crippen molar-refractivity contribution in [2.75, 3.05) is 5.32 Å². The first-order valence-corrected chi connectivity index (χ1v) is 6.92. The van der Waals surface area contributed by atoms with E-state index in [1.165, 1.54) is 0 Å². The molecule has 7 heteroatoms. The second-order valence-electron chi connectivity index (χ2n) is 4.45. The Hall–Kier alpha value is -1.89. The number of halogens is 1. The molecule has 2 heterocycles. The Bertz CT molecular complexity index is 638. The van der Waals surface area contributed by atoms with Crippen molar-refractivity contribution in [3.63, 3.8) is 0 Å². The highest BCUT2D eigenvalue weighted by Crippen LogP contribution is 2.16. The number of nitrogens with zero attached hydrogens (tertiary/aromatic N) is 3. The fraction of sp³-hybridized carbons (Fsp3) is 0.308. The van der Waals surface area contributed by atoms with E-state index in [9.17, 15) is 4.79 Å². The molecule has 0 unspecified atom stereocenters. The first kappa shape index (κ1) is 14.5. The van der Waals surface area contributed by atoms with E-state index in [1.54, 1.807) is 16.9 Å². The molecule has 0 aliphatic rings. The molecule has 0 bridgehead atoms. The highest BCUT2D eigenvalue weighted by atomic mass is 79.9. The van der Waals surface area contributed by atoms with Gasteiger partial charge in [0.05, 0.1) is 11.9 Å². The summed E-state index contributed by atoms with van der Waals surface area (Å²) in [7, 11) is 1.87. The van der Waals surface area contributed by atoms with Crippen LogP contribution in [0.3, 0.4) is 0 Å². The molecule has 106 valence electrons. The predicted octanol–water partition coefficient (Wildman–Crippen LogP) is 2.52. The maximum Gasteiger partial charge on any atom is 0.320 e. The Morgan fingerprint density at radius 2 is 2.15 bits per heavy atom. The summed E-state index contributed by atoms with van der Waals surface area (Å²) in [6.07, 6.45) is 1.75. The smallest absolute Gasteiger partial charge is 0.320 e. The second kappa shape index (κ2) is 6.04. The molecule has 0 atom stereocenters. The Morgan fingerprint density at radius 1 is 1.40 bits per heavy atom. The van der Waals surface area contributed by atoms with Crippen LogP contribution < -0.4 is 10.6 Å². The van der Waals surface area contributed by atoms with Crippen LogP contribution in [-0.4, -0.2) is 20.8 Å². The monoisotopic (exact) mass is 337 g/mol. The van der Waals surface area contributed by atoms with Crippen molar-refractivity contribution >= 4 is 27.8 Å². The minimum Gasteiger partial charge on any atom is -0.334 e. The Balaban J connectivity index is 1.92. The number of carbonyl (C=O) groups is 1. The maximum absolute atomic E-state index is 11.8. The molecule has 2 amide bonds. The van der Waals surface area contributed by atoms with Crippen LogP contribution in [-0.2, 0) is 13.6 Å². The highest BCUT2D eigenvalue weighted by Gasteiger charge is 2.07. The number of rotatable bonds is 3. The molecule has 0 saturated heterocycles. The summed E-state index contributed by atoms with van der Waals surface area (Å²) in [5.41, 5.74) is 2.84. The topological polar surface area (TPSA) is 71.8 Å². The average molecular weight is 338 g/mol. The normalized spacial score (nSPS) is 10.4. The highest BCUT2D eigenvalue weighted by molar-refractivity contribution is 9.10. The van der Waals surface area contributed by atoms with Crippen molar-refractivity contribution in [1.29, 1.82) is 0 Å². The number of aromatic nitrogens is 3. The summed E-state index contributed by atoms with van der Waals surface area (Å²) in [4.78, 5) is 16.1. The molecular weight excluding hydrogens is 322 g/mol. The first-order chi connectivity index (χ1) is 9.47. The van der Waals surface area contributed by atoms with Crippen LogP contribution in [0.4, 0.5) is 10.6 Å². The fourth-order valence-electron chi connectivity index (χ4n) is 1.67. The van der Waals surface area contributed by atoms with E-state index in [4.69, 9.17) is 0 Å². The molecule has 0 aromatic carbocycles. The molecule has 0 aliphatic heterocycles.